The van der Waals surface area contributed by atoms with Crippen molar-refractivity contribution in [3.63, 3.8) is 0 Å². The summed E-state index contributed by atoms with van der Waals surface area (Å²) in [6.07, 6.45) is 3.63. The highest BCUT2D eigenvalue weighted by atomic mass is 32.1. The number of thiazole rings is 1. The van der Waals surface area contributed by atoms with Crippen molar-refractivity contribution in [1.29, 1.82) is 0 Å². The normalized spacial score (nSPS) is 12.5. The Balaban J connectivity index is 1.88. The molecule has 0 bridgehead atoms. The van der Waals surface area contributed by atoms with Crippen LogP contribution in [-0.4, -0.2) is 14.7 Å². The first kappa shape index (κ1) is 12.9. The van der Waals surface area contributed by atoms with Gasteiger partial charge >= 0.3 is 0 Å². The van der Waals surface area contributed by atoms with Crippen LogP contribution in [0.1, 0.15) is 24.2 Å². The summed E-state index contributed by atoms with van der Waals surface area (Å²) in [6.45, 7) is 4.15. The number of nitrogens with zero attached hydrogens (tertiary/aromatic N) is 2. The van der Waals surface area contributed by atoms with Gasteiger partial charge in [0, 0.05) is 12.4 Å². The van der Waals surface area contributed by atoms with Gasteiger partial charge in [0.15, 0.2) is 0 Å². The van der Waals surface area contributed by atoms with Crippen molar-refractivity contribution in [2.45, 2.75) is 19.9 Å². The molecule has 0 saturated carbocycles. The van der Waals surface area contributed by atoms with Crippen LogP contribution in [-0.2, 0) is 0 Å². The fraction of sp³-hybridized carbons (Fsp3) is 0.188. The Kier molecular flexibility index (Phi) is 3.32. The van der Waals surface area contributed by atoms with Crippen LogP contribution < -0.4 is 0 Å². The first-order valence-electron chi connectivity index (χ1n) is 6.52. The lowest BCUT2D eigenvalue weighted by Crippen LogP contribution is -2.03. The highest BCUT2D eigenvalue weighted by Gasteiger charge is 2.09. The minimum Gasteiger partial charge on any atom is -0.506 e. The van der Waals surface area contributed by atoms with Crippen LogP contribution in [0, 0.1) is 6.92 Å². The molecule has 0 aliphatic carbocycles. The van der Waals surface area contributed by atoms with Gasteiger partial charge in [-0.2, -0.15) is 0 Å². The monoisotopic (exact) mass is 284 g/mol. The van der Waals surface area contributed by atoms with Gasteiger partial charge in [-0.25, -0.2) is 4.98 Å². The molecular weight excluding hydrogens is 268 g/mol. The number of hydrogen-bond donors (Lipinski definition) is 1. The van der Waals surface area contributed by atoms with E-state index in [4.69, 9.17) is 0 Å². The van der Waals surface area contributed by atoms with E-state index in [-0.39, 0.29) is 6.04 Å². The quantitative estimate of drug-likeness (QED) is 0.781. The molecule has 3 rings (SSSR count). The Morgan fingerprint density at radius 2 is 1.95 bits per heavy atom. The molecule has 0 spiro atoms. The van der Waals surface area contributed by atoms with Crippen LogP contribution in [0.3, 0.4) is 0 Å². The zero-order valence-corrected chi connectivity index (χ0v) is 12.3. The summed E-state index contributed by atoms with van der Waals surface area (Å²) in [5.41, 5.74) is 5.37. The van der Waals surface area contributed by atoms with Crippen LogP contribution in [0.4, 0.5) is 0 Å². The lowest BCUT2D eigenvalue weighted by Gasteiger charge is -2.14. The molecular formula is C16H16N2OS. The van der Waals surface area contributed by atoms with E-state index in [1.54, 1.807) is 23.6 Å². The Morgan fingerprint density at radius 1 is 1.20 bits per heavy atom. The average Bonchev–Trinajstić information content (AvgIpc) is 3.07. The van der Waals surface area contributed by atoms with Crippen molar-refractivity contribution < 1.29 is 5.11 Å². The Bertz CT molecular complexity index is 712. The number of aromatic hydroxyl groups is 1. The Hall–Kier alpha value is -2.07. The minimum absolute atomic E-state index is 0.201. The third kappa shape index (κ3) is 2.34. The topological polar surface area (TPSA) is 38.0 Å². The van der Waals surface area contributed by atoms with Crippen LogP contribution in [0.15, 0.2) is 48.2 Å². The highest BCUT2D eigenvalue weighted by molar-refractivity contribution is 7.13. The molecule has 1 atom stereocenters. The SMILES string of the molecule is Cc1ncsc1-c1ccc([C@H](C)n2ccc(O)c2)cc1. The first-order valence-corrected chi connectivity index (χ1v) is 7.40. The number of aromatic nitrogens is 2. The molecule has 3 nitrogen and oxygen atoms in total. The predicted molar refractivity (Wildman–Crippen MR) is 82.2 cm³/mol. The van der Waals surface area contributed by atoms with Crippen LogP contribution in [0.5, 0.6) is 5.75 Å². The molecule has 0 aliphatic rings. The molecule has 1 aromatic carbocycles. The number of hydrogen-bond acceptors (Lipinski definition) is 3. The number of benzene rings is 1. The minimum atomic E-state index is 0.201. The predicted octanol–water partition coefficient (Wildman–Crippen LogP) is 4.23. The van der Waals surface area contributed by atoms with E-state index in [0.717, 1.165) is 5.69 Å². The molecule has 2 aromatic heterocycles. The molecule has 0 fully saturated rings. The highest BCUT2D eigenvalue weighted by Crippen LogP contribution is 2.29. The lowest BCUT2D eigenvalue weighted by molar-refractivity contribution is 0.472. The van der Waals surface area contributed by atoms with Gasteiger partial charge in [-0.05, 0) is 31.0 Å². The van der Waals surface area contributed by atoms with Gasteiger partial charge in [-0.3, -0.25) is 0 Å². The van der Waals surface area contributed by atoms with Gasteiger partial charge in [0.2, 0.25) is 0 Å². The molecule has 102 valence electrons. The maximum Gasteiger partial charge on any atom is 0.133 e. The molecule has 3 aromatic rings. The van der Waals surface area contributed by atoms with Crippen molar-refractivity contribution in [2.24, 2.45) is 0 Å². The van der Waals surface area contributed by atoms with Crippen LogP contribution in [0.2, 0.25) is 0 Å². The van der Waals surface area contributed by atoms with E-state index < -0.39 is 0 Å². The molecule has 1 N–H and O–H groups in total. The summed E-state index contributed by atoms with van der Waals surface area (Å²) in [4.78, 5) is 5.51. The molecule has 2 heterocycles. The molecule has 0 amide bonds. The number of rotatable bonds is 3. The van der Waals surface area contributed by atoms with E-state index in [0.29, 0.717) is 5.75 Å². The molecule has 0 unspecified atom stereocenters. The Labute approximate surface area is 122 Å². The van der Waals surface area contributed by atoms with E-state index in [2.05, 4.69) is 36.2 Å². The summed E-state index contributed by atoms with van der Waals surface area (Å²) in [5, 5.41) is 9.42. The second-order valence-electron chi connectivity index (χ2n) is 4.88. The van der Waals surface area contributed by atoms with E-state index in [1.807, 2.05) is 23.2 Å². The largest absolute Gasteiger partial charge is 0.506 e. The molecule has 0 saturated heterocycles. The van der Waals surface area contributed by atoms with Crippen LogP contribution >= 0.6 is 11.3 Å². The lowest BCUT2D eigenvalue weighted by atomic mass is 10.0. The van der Waals surface area contributed by atoms with Gasteiger partial charge in [-0.15, -0.1) is 11.3 Å². The summed E-state index contributed by atoms with van der Waals surface area (Å²) < 4.78 is 2.00. The zero-order chi connectivity index (χ0) is 14.1. The van der Waals surface area contributed by atoms with Crippen molar-refractivity contribution in [1.82, 2.24) is 9.55 Å². The van der Waals surface area contributed by atoms with Crippen molar-refractivity contribution in [3.8, 4) is 16.2 Å². The summed E-state index contributed by atoms with van der Waals surface area (Å²) in [7, 11) is 0. The van der Waals surface area contributed by atoms with Crippen LogP contribution in [0.25, 0.3) is 10.4 Å². The number of aryl methyl sites for hydroxylation is 1. The zero-order valence-electron chi connectivity index (χ0n) is 11.4. The standard InChI is InChI=1S/C16H16N2OS/c1-11-16(20-10-17-11)14-5-3-13(4-6-14)12(2)18-8-7-15(19)9-18/h3-10,12,19H,1-2H3/t12-/m0/s1. The van der Waals surface area contributed by atoms with E-state index in [9.17, 15) is 5.11 Å². The van der Waals surface area contributed by atoms with Gasteiger partial charge < -0.3 is 9.67 Å². The smallest absolute Gasteiger partial charge is 0.133 e. The summed E-state index contributed by atoms with van der Waals surface area (Å²) >= 11 is 1.67. The van der Waals surface area contributed by atoms with Crippen molar-refractivity contribution >= 4 is 11.3 Å². The van der Waals surface area contributed by atoms with E-state index >= 15 is 0 Å². The second kappa shape index (κ2) is 5.13. The Morgan fingerprint density at radius 3 is 2.50 bits per heavy atom. The maximum absolute atomic E-state index is 9.42. The molecule has 20 heavy (non-hydrogen) atoms. The second-order valence-corrected chi connectivity index (χ2v) is 5.74. The maximum atomic E-state index is 9.42. The molecule has 0 radical (unpaired) electrons. The van der Waals surface area contributed by atoms with Gasteiger partial charge in [-0.1, -0.05) is 24.3 Å². The van der Waals surface area contributed by atoms with Crippen molar-refractivity contribution in [2.75, 3.05) is 0 Å². The first-order chi connectivity index (χ1) is 9.65. The molecule has 0 aliphatic heterocycles. The van der Waals surface area contributed by atoms with Gasteiger partial charge in [0.1, 0.15) is 5.75 Å². The summed E-state index contributed by atoms with van der Waals surface area (Å²) in [6, 6.07) is 10.4. The van der Waals surface area contributed by atoms with E-state index in [1.165, 1.54) is 16.0 Å². The third-order valence-electron chi connectivity index (χ3n) is 3.55. The fourth-order valence-electron chi connectivity index (χ4n) is 2.31. The molecule has 4 heteroatoms. The third-order valence-corrected chi connectivity index (χ3v) is 4.52. The summed E-state index contributed by atoms with van der Waals surface area (Å²) in [5.74, 6) is 0.300. The van der Waals surface area contributed by atoms with Crippen molar-refractivity contribution in [3.05, 3.63) is 59.5 Å². The van der Waals surface area contributed by atoms with Gasteiger partial charge in [0.25, 0.3) is 0 Å². The average molecular weight is 284 g/mol. The fourth-order valence-corrected chi connectivity index (χ4v) is 3.12. The van der Waals surface area contributed by atoms with Gasteiger partial charge in [0.05, 0.1) is 22.1 Å².